The Morgan fingerprint density at radius 2 is 1.80 bits per heavy atom. The Labute approximate surface area is 143 Å². The number of ether oxygens (including phenoxy) is 2. The molecule has 0 spiro atoms. The number of carboxylic acid groups (broad SMARTS) is 1. The van der Waals surface area contributed by atoms with Crippen LogP contribution in [0, 0.1) is 5.92 Å². The molecule has 0 radical (unpaired) electrons. The molecule has 0 saturated carbocycles. The van der Waals surface area contributed by atoms with Gasteiger partial charge in [0.2, 0.25) is 0 Å². The quantitative estimate of drug-likeness (QED) is 0.740. The van der Waals surface area contributed by atoms with Crippen molar-refractivity contribution in [3.05, 3.63) is 0 Å². The number of alkyl halides is 3. The SMILES string of the molecule is CC(=O)OC[C@@H](C(=O)O)[C@@H]1[C@@H](OC(C)(C)C)CCN1C(=O)C(F)(F)F. The highest BCUT2D eigenvalue weighted by Crippen LogP contribution is 2.33. The van der Waals surface area contributed by atoms with Crippen molar-refractivity contribution in [3.8, 4) is 0 Å². The molecule has 1 aliphatic rings. The lowest BCUT2D eigenvalue weighted by atomic mass is 9.95. The number of rotatable bonds is 5. The van der Waals surface area contributed by atoms with Gasteiger partial charge in [0.15, 0.2) is 0 Å². The van der Waals surface area contributed by atoms with Gasteiger partial charge in [-0.05, 0) is 27.2 Å². The lowest BCUT2D eigenvalue weighted by Gasteiger charge is -2.35. The number of hydrogen-bond donors (Lipinski definition) is 1. The topological polar surface area (TPSA) is 93.1 Å². The number of aliphatic carboxylic acids is 1. The Morgan fingerprint density at radius 1 is 1.24 bits per heavy atom. The molecule has 0 unspecified atom stereocenters. The van der Waals surface area contributed by atoms with Crippen LogP contribution in [0.2, 0.25) is 0 Å². The summed E-state index contributed by atoms with van der Waals surface area (Å²) in [6, 6.07) is -1.40. The molecule has 1 fully saturated rings. The highest BCUT2D eigenvalue weighted by Gasteiger charge is 2.53. The summed E-state index contributed by atoms with van der Waals surface area (Å²) in [5, 5.41) is 9.40. The van der Waals surface area contributed by atoms with Crippen LogP contribution in [0.3, 0.4) is 0 Å². The Morgan fingerprint density at radius 3 is 2.20 bits per heavy atom. The van der Waals surface area contributed by atoms with E-state index in [9.17, 15) is 32.7 Å². The highest BCUT2D eigenvalue weighted by molar-refractivity contribution is 5.83. The average molecular weight is 369 g/mol. The van der Waals surface area contributed by atoms with Crippen LogP contribution in [0.25, 0.3) is 0 Å². The van der Waals surface area contributed by atoms with E-state index in [2.05, 4.69) is 4.74 Å². The lowest BCUT2D eigenvalue weighted by Crippen LogP contribution is -2.53. The molecule has 0 aromatic heterocycles. The first-order chi connectivity index (χ1) is 11.2. The van der Waals surface area contributed by atoms with Crippen molar-refractivity contribution < 1.29 is 42.1 Å². The number of carboxylic acids is 1. The summed E-state index contributed by atoms with van der Waals surface area (Å²) < 4.78 is 48.9. The van der Waals surface area contributed by atoms with E-state index in [0.29, 0.717) is 4.90 Å². The first kappa shape index (κ1) is 21.2. The van der Waals surface area contributed by atoms with Crippen molar-refractivity contribution in [1.29, 1.82) is 0 Å². The van der Waals surface area contributed by atoms with E-state index >= 15 is 0 Å². The number of esters is 1. The molecule has 0 aromatic carbocycles. The molecule has 0 aromatic rings. The van der Waals surface area contributed by atoms with Crippen LogP contribution in [0.15, 0.2) is 0 Å². The van der Waals surface area contributed by atoms with Gasteiger partial charge in [0.1, 0.15) is 12.5 Å². The molecule has 1 heterocycles. The Kier molecular flexibility index (Phi) is 6.44. The summed E-state index contributed by atoms with van der Waals surface area (Å²) >= 11 is 0. The maximum absolute atomic E-state index is 12.9. The summed E-state index contributed by atoms with van der Waals surface area (Å²) in [5.74, 6) is -5.92. The van der Waals surface area contributed by atoms with Gasteiger partial charge in [-0.25, -0.2) is 0 Å². The van der Waals surface area contributed by atoms with E-state index in [1.54, 1.807) is 20.8 Å². The second kappa shape index (κ2) is 7.59. The zero-order valence-corrected chi connectivity index (χ0v) is 14.4. The van der Waals surface area contributed by atoms with E-state index in [1.165, 1.54) is 0 Å². The number of halogens is 3. The van der Waals surface area contributed by atoms with Crippen LogP contribution in [-0.2, 0) is 23.9 Å². The third-order valence-corrected chi connectivity index (χ3v) is 3.60. The first-order valence-corrected chi connectivity index (χ1v) is 7.66. The molecule has 1 rings (SSSR count). The highest BCUT2D eigenvalue weighted by atomic mass is 19.4. The molecule has 1 N–H and O–H groups in total. The van der Waals surface area contributed by atoms with Crippen molar-refractivity contribution in [1.82, 2.24) is 4.90 Å². The van der Waals surface area contributed by atoms with Gasteiger partial charge in [0.05, 0.1) is 17.7 Å². The number of amides is 1. The lowest BCUT2D eigenvalue weighted by molar-refractivity contribution is -0.191. The molecule has 1 aliphatic heterocycles. The minimum absolute atomic E-state index is 0.0492. The van der Waals surface area contributed by atoms with E-state index in [0.717, 1.165) is 6.92 Å². The second-order valence-corrected chi connectivity index (χ2v) is 6.79. The minimum atomic E-state index is -5.14. The predicted octanol–water partition coefficient (Wildman–Crippen LogP) is 1.60. The third kappa shape index (κ3) is 5.87. The van der Waals surface area contributed by atoms with Gasteiger partial charge < -0.3 is 19.5 Å². The van der Waals surface area contributed by atoms with E-state index in [-0.39, 0.29) is 13.0 Å². The van der Waals surface area contributed by atoms with Crippen LogP contribution in [-0.4, -0.2) is 64.9 Å². The fourth-order valence-corrected chi connectivity index (χ4v) is 2.77. The predicted molar refractivity (Wildman–Crippen MR) is 78.6 cm³/mol. The van der Waals surface area contributed by atoms with Gasteiger partial charge in [-0.1, -0.05) is 0 Å². The Balaban J connectivity index is 3.18. The van der Waals surface area contributed by atoms with Crippen molar-refractivity contribution in [2.24, 2.45) is 5.92 Å². The molecular formula is C15H22F3NO6. The molecule has 1 saturated heterocycles. The molecule has 3 atom stereocenters. The van der Waals surface area contributed by atoms with Gasteiger partial charge in [0.25, 0.3) is 0 Å². The molecule has 144 valence electrons. The third-order valence-electron chi connectivity index (χ3n) is 3.60. The number of likely N-dealkylation sites (tertiary alicyclic amines) is 1. The van der Waals surface area contributed by atoms with Crippen LogP contribution >= 0.6 is 0 Å². The van der Waals surface area contributed by atoms with E-state index in [4.69, 9.17) is 4.74 Å². The van der Waals surface area contributed by atoms with Crippen molar-refractivity contribution >= 4 is 17.8 Å². The molecule has 7 nitrogen and oxygen atoms in total. The summed E-state index contributed by atoms with van der Waals surface area (Å²) in [6.45, 7) is 5.10. The monoisotopic (exact) mass is 369 g/mol. The van der Waals surface area contributed by atoms with Gasteiger partial charge in [-0.15, -0.1) is 0 Å². The maximum Gasteiger partial charge on any atom is 0.471 e. The maximum atomic E-state index is 12.9. The number of carbonyl (C=O) groups is 3. The smallest absolute Gasteiger partial charge is 0.471 e. The first-order valence-electron chi connectivity index (χ1n) is 7.66. The molecule has 0 aliphatic carbocycles. The van der Waals surface area contributed by atoms with Crippen LogP contribution < -0.4 is 0 Å². The molecule has 1 amide bonds. The molecule has 0 bridgehead atoms. The molecule has 25 heavy (non-hydrogen) atoms. The summed E-state index contributed by atoms with van der Waals surface area (Å²) in [7, 11) is 0. The molecular weight excluding hydrogens is 347 g/mol. The number of carbonyl (C=O) groups excluding carboxylic acids is 2. The second-order valence-electron chi connectivity index (χ2n) is 6.79. The van der Waals surface area contributed by atoms with E-state index < -0.39 is 54.3 Å². The Bertz CT molecular complexity index is 528. The van der Waals surface area contributed by atoms with Crippen LogP contribution in [0.4, 0.5) is 13.2 Å². The zero-order chi connectivity index (χ0) is 19.6. The van der Waals surface area contributed by atoms with E-state index in [1.807, 2.05) is 0 Å². The number of hydrogen-bond acceptors (Lipinski definition) is 5. The fourth-order valence-electron chi connectivity index (χ4n) is 2.77. The summed E-state index contributed by atoms with van der Waals surface area (Å²) in [4.78, 5) is 34.7. The number of nitrogens with zero attached hydrogens (tertiary/aromatic N) is 1. The van der Waals surface area contributed by atoms with Crippen LogP contribution in [0.5, 0.6) is 0 Å². The molecule has 10 heteroatoms. The van der Waals surface area contributed by atoms with Crippen molar-refractivity contribution in [2.75, 3.05) is 13.2 Å². The fraction of sp³-hybridized carbons (Fsp3) is 0.800. The Hall–Kier alpha value is -1.84. The van der Waals surface area contributed by atoms with Crippen molar-refractivity contribution in [2.45, 2.75) is 58.0 Å². The van der Waals surface area contributed by atoms with Gasteiger partial charge >= 0.3 is 24.0 Å². The van der Waals surface area contributed by atoms with Gasteiger partial charge in [-0.2, -0.15) is 13.2 Å². The average Bonchev–Trinajstić information content (AvgIpc) is 2.77. The largest absolute Gasteiger partial charge is 0.481 e. The summed E-state index contributed by atoms with van der Waals surface area (Å²) in [5.41, 5.74) is -0.759. The minimum Gasteiger partial charge on any atom is -0.481 e. The summed E-state index contributed by atoms with van der Waals surface area (Å²) in [6.07, 6.45) is -6.02. The van der Waals surface area contributed by atoms with Crippen molar-refractivity contribution in [3.63, 3.8) is 0 Å². The van der Waals surface area contributed by atoms with Gasteiger partial charge in [-0.3, -0.25) is 14.4 Å². The van der Waals surface area contributed by atoms with Gasteiger partial charge in [0, 0.05) is 13.5 Å². The zero-order valence-electron chi connectivity index (χ0n) is 14.4. The normalized spacial score (nSPS) is 22.6. The standard InChI is InChI=1S/C15H22F3NO6/c1-8(20)24-7-9(12(21)22)11-10(25-14(2,3)4)5-6-19(11)13(23)15(16,17)18/h9-11H,5-7H2,1-4H3,(H,21,22)/t9-,10+,11-/m1/s1. The van der Waals surface area contributed by atoms with Crippen LogP contribution in [0.1, 0.15) is 34.1 Å².